The first kappa shape index (κ1) is 12.3. The molecular weight excluding hydrogens is 266 g/mol. The molecular formula is C10H10ClNO4S. The molecule has 1 aromatic rings. The Balaban J connectivity index is 2.21. The average molecular weight is 276 g/mol. The number of rotatable bonds is 2. The van der Waals surface area contributed by atoms with Gasteiger partial charge in [-0.25, -0.2) is 4.79 Å². The number of amides is 1. The highest BCUT2D eigenvalue weighted by Crippen LogP contribution is 2.26. The van der Waals surface area contributed by atoms with Gasteiger partial charge in [0, 0.05) is 13.0 Å². The zero-order chi connectivity index (χ0) is 12.6. The normalized spacial score (nSPS) is 24.0. The van der Waals surface area contributed by atoms with Gasteiger partial charge in [0.2, 0.25) is 0 Å². The van der Waals surface area contributed by atoms with Crippen molar-refractivity contribution in [2.75, 3.05) is 6.54 Å². The smallest absolute Gasteiger partial charge is 0.326 e. The average Bonchev–Trinajstić information content (AvgIpc) is 2.83. The molecule has 0 radical (unpaired) electrons. The highest BCUT2D eigenvalue weighted by molar-refractivity contribution is 7.17. The minimum absolute atomic E-state index is 0.0469. The Kier molecular flexibility index (Phi) is 3.37. The van der Waals surface area contributed by atoms with Crippen molar-refractivity contribution in [2.45, 2.75) is 18.6 Å². The molecule has 1 amide bonds. The van der Waals surface area contributed by atoms with Crippen LogP contribution in [0.25, 0.3) is 0 Å². The van der Waals surface area contributed by atoms with E-state index >= 15 is 0 Å². The van der Waals surface area contributed by atoms with Gasteiger partial charge in [0.15, 0.2) is 0 Å². The fourth-order valence-electron chi connectivity index (χ4n) is 1.84. The number of carboxylic acid groups (broad SMARTS) is 1. The molecule has 1 unspecified atom stereocenters. The van der Waals surface area contributed by atoms with Crippen molar-refractivity contribution in [3.8, 4) is 0 Å². The largest absolute Gasteiger partial charge is 0.480 e. The van der Waals surface area contributed by atoms with Crippen LogP contribution in [-0.2, 0) is 4.79 Å². The maximum atomic E-state index is 12.0. The number of likely N-dealkylation sites (tertiary alicyclic amines) is 1. The van der Waals surface area contributed by atoms with E-state index in [0.29, 0.717) is 9.21 Å². The van der Waals surface area contributed by atoms with E-state index in [2.05, 4.69) is 0 Å². The third-order valence-corrected chi connectivity index (χ3v) is 3.83. The van der Waals surface area contributed by atoms with E-state index < -0.39 is 24.0 Å². The second-order valence-corrected chi connectivity index (χ2v) is 5.52. The van der Waals surface area contributed by atoms with Crippen molar-refractivity contribution >= 4 is 34.8 Å². The number of aliphatic carboxylic acids is 1. The van der Waals surface area contributed by atoms with E-state index in [4.69, 9.17) is 16.7 Å². The van der Waals surface area contributed by atoms with Crippen LogP contribution in [0.5, 0.6) is 0 Å². The molecule has 0 bridgehead atoms. The zero-order valence-corrected chi connectivity index (χ0v) is 10.2. The highest BCUT2D eigenvalue weighted by Gasteiger charge is 2.39. The summed E-state index contributed by atoms with van der Waals surface area (Å²) in [4.78, 5) is 24.6. The monoisotopic (exact) mass is 275 g/mol. The van der Waals surface area contributed by atoms with Crippen LogP contribution in [0.15, 0.2) is 12.1 Å². The Morgan fingerprint density at radius 2 is 2.18 bits per heavy atom. The molecule has 1 aromatic heterocycles. The van der Waals surface area contributed by atoms with E-state index in [1.54, 1.807) is 12.1 Å². The fraction of sp³-hybridized carbons (Fsp3) is 0.400. The molecule has 2 atom stereocenters. The van der Waals surface area contributed by atoms with Crippen molar-refractivity contribution in [3.63, 3.8) is 0 Å². The van der Waals surface area contributed by atoms with Crippen LogP contribution in [0.3, 0.4) is 0 Å². The molecule has 92 valence electrons. The third kappa shape index (κ3) is 2.43. The number of hydrogen-bond acceptors (Lipinski definition) is 4. The number of halogens is 1. The van der Waals surface area contributed by atoms with Crippen molar-refractivity contribution < 1.29 is 19.8 Å². The van der Waals surface area contributed by atoms with Crippen molar-refractivity contribution in [2.24, 2.45) is 0 Å². The molecule has 1 saturated heterocycles. The van der Waals surface area contributed by atoms with Gasteiger partial charge in [0.1, 0.15) is 6.04 Å². The van der Waals surface area contributed by atoms with Crippen LogP contribution in [0, 0.1) is 0 Å². The van der Waals surface area contributed by atoms with Gasteiger partial charge in [-0.15, -0.1) is 11.3 Å². The number of β-amino-alcohol motifs (C(OH)–C–C–N with tert-alkyl or cyclic N) is 1. The number of aliphatic hydroxyl groups is 1. The van der Waals surface area contributed by atoms with Crippen LogP contribution in [0.2, 0.25) is 4.34 Å². The Morgan fingerprint density at radius 3 is 2.71 bits per heavy atom. The van der Waals surface area contributed by atoms with Crippen LogP contribution >= 0.6 is 22.9 Å². The molecule has 2 rings (SSSR count). The maximum absolute atomic E-state index is 12.0. The Hall–Kier alpha value is -1.11. The molecule has 0 aromatic carbocycles. The minimum atomic E-state index is -1.10. The molecule has 1 aliphatic heterocycles. The first-order valence-electron chi connectivity index (χ1n) is 4.96. The van der Waals surface area contributed by atoms with Crippen LogP contribution < -0.4 is 0 Å². The van der Waals surface area contributed by atoms with E-state index in [-0.39, 0.29) is 13.0 Å². The second-order valence-electron chi connectivity index (χ2n) is 3.80. The van der Waals surface area contributed by atoms with Gasteiger partial charge in [-0.2, -0.15) is 0 Å². The molecule has 17 heavy (non-hydrogen) atoms. The van der Waals surface area contributed by atoms with E-state index in [9.17, 15) is 14.7 Å². The highest BCUT2D eigenvalue weighted by atomic mass is 35.5. The number of aliphatic hydroxyl groups excluding tert-OH is 1. The van der Waals surface area contributed by atoms with E-state index in [0.717, 1.165) is 11.3 Å². The molecule has 1 fully saturated rings. The van der Waals surface area contributed by atoms with Crippen molar-refractivity contribution in [3.05, 3.63) is 21.3 Å². The zero-order valence-electron chi connectivity index (χ0n) is 8.67. The van der Waals surface area contributed by atoms with Crippen molar-refractivity contribution in [1.29, 1.82) is 0 Å². The molecule has 0 spiro atoms. The number of thiophene rings is 1. The topological polar surface area (TPSA) is 77.8 Å². The summed E-state index contributed by atoms with van der Waals surface area (Å²) < 4.78 is 0.472. The summed E-state index contributed by atoms with van der Waals surface area (Å²) in [6.07, 6.45) is -0.712. The minimum Gasteiger partial charge on any atom is -0.480 e. The fourth-order valence-corrected chi connectivity index (χ4v) is 2.84. The number of carbonyl (C=O) groups excluding carboxylic acids is 1. The Morgan fingerprint density at radius 1 is 1.47 bits per heavy atom. The van der Waals surface area contributed by atoms with Gasteiger partial charge in [-0.1, -0.05) is 11.6 Å². The van der Waals surface area contributed by atoms with Crippen LogP contribution in [-0.4, -0.2) is 45.7 Å². The van der Waals surface area contributed by atoms with Crippen LogP contribution in [0.1, 0.15) is 16.1 Å². The third-order valence-electron chi connectivity index (χ3n) is 2.61. The first-order chi connectivity index (χ1) is 7.99. The standard InChI is InChI=1S/C10H10ClNO4S/c11-8-2-1-7(17-8)9(14)12-4-5(13)3-6(12)10(15)16/h1-2,5-6,13H,3-4H2,(H,15,16)/t5?,6-/m0/s1. The molecule has 2 N–H and O–H groups in total. The molecule has 1 aliphatic rings. The quantitative estimate of drug-likeness (QED) is 0.846. The lowest BCUT2D eigenvalue weighted by atomic mass is 10.2. The van der Waals surface area contributed by atoms with Gasteiger partial charge < -0.3 is 15.1 Å². The Bertz CT molecular complexity index is 461. The van der Waals surface area contributed by atoms with E-state index in [1.165, 1.54) is 4.90 Å². The van der Waals surface area contributed by atoms with Gasteiger partial charge in [0.25, 0.3) is 5.91 Å². The Labute approximate surface area is 106 Å². The van der Waals surface area contributed by atoms with Gasteiger partial charge >= 0.3 is 5.97 Å². The van der Waals surface area contributed by atoms with E-state index in [1.807, 2.05) is 0 Å². The lowest BCUT2D eigenvalue weighted by Crippen LogP contribution is -2.40. The van der Waals surface area contributed by atoms with Gasteiger partial charge in [-0.05, 0) is 12.1 Å². The lowest BCUT2D eigenvalue weighted by Gasteiger charge is -2.20. The molecule has 0 aliphatic carbocycles. The predicted octanol–water partition coefficient (Wildman–Crippen LogP) is 1.06. The summed E-state index contributed by atoms with van der Waals surface area (Å²) >= 11 is 6.82. The molecule has 7 heteroatoms. The molecule has 0 saturated carbocycles. The van der Waals surface area contributed by atoms with Crippen LogP contribution in [0.4, 0.5) is 0 Å². The summed E-state index contributed by atoms with van der Waals surface area (Å²) in [6, 6.07) is 2.18. The summed E-state index contributed by atoms with van der Waals surface area (Å²) in [6.45, 7) is 0.0469. The SMILES string of the molecule is O=C(O)[C@@H]1CC(O)CN1C(=O)c1ccc(Cl)s1. The summed E-state index contributed by atoms with van der Waals surface area (Å²) in [7, 11) is 0. The molecule has 2 heterocycles. The number of carbonyl (C=O) groups is 2. The predicted molar refractivity (Wildman–Crippen MR) is 62.4 cm³/mol. The number of nitrogens with zero attached hydrogens (tertiary/aromatic N) is 1. The first-order valence-corrected chi connectivity index (χ1v) is 6.15. The second kappa shape index (κ2) is 4.64. The summed E-state index contributed by atoms with van der Waals surface area (Å²) in [5.41, 5.74) is 0. The van der Waals surface area contributed by atoms with Gasteiger partial charge in [-0.3, -0.25) is 4.79 Å². The summed E-state index contributed by atoms with van der Waals surface area (Å²) in [5.74, 6) is -1.50. The van der Waals surface area contributed by atoms with Crippen molar-refractivity contribution in [1.82, 2.24) is 4.90 Å². The summed E-state index contributed by atoms with van der Waals surface area (Å²) in [5, 5.41) is 18.4. The number of carboxylic acids is 1. The lowest BCUT2D eigenvalue weighted by molar-refractivity contribution is -0.141. The maximum Gasteiger partial charge on any atom is 0.326 e. The van der Waals surface area contributed by atoms with Gasteiger partial charge in [0.05, 0.1) is 15.3 Å². The number of hydrogen-bond donors (Lipinski definition) is 2. The molecule has 5 nitrogen and oxygen atoms in total.